The van der Waals surface area contributed by atoms with Gasteiger partial charge in [-0.15, -0.1) is 0 Å². The van der Waals surface area contributed by atoms with Gasteiger partial charge < -0.3 is 0 Å². The third-order valence-corrected chi connectivity index (χ3v) is 5.24. The fourth-order valence-electron chi connectivity index (χ4n) is 2.04. The Balaban J connectivity index is 2.21. The van der Waals surface area contributed by atoms with Crippen LogP contribution in [0.15, 0.2) is 30.5 Å². The van der Waals surface area contributed by atoms with Gasteiger partial charge in [0.2, 0.25) is 0 Å². The number of aliphatic hydroxyl groups is 1. The van der Waals surface area contributed by atoms with Crippen LogP contribution in [-0.4, -0.2) is 25.0 Å². The van der Waals surface area contributed by atoms with Crippen molar-refractivity contribution in [3.05, 3.63) is 58.9 Å². The Morgan fingerprint density at radius 3 is 2.94 bits per heavy atom. The van der Waals surface area contributed by atoms with Crippen LogP contribution < -0.4 is 4.46 Å². The van der Waals surface area contributed by atoms with Crippen molar-refractivity contribution in [2.45, 2.75) is 11.4 Å². The summed E-state index contributed by atoms with van der Waals surface area (Å²) in [6.45, 7) is 0. The van der Waals surface area contributed by atoms with E-state index in [0.29, 0.717) is 16.6 Å². The van der Waals surface area contributed by atoms with Gasteiger partial charge >= 0.3 is 109 Å². The van der Waals surface area contributed by atoms with Gasteiger partial charge in [0.05, 0.1) is 0 Å². The molecule has 0 saturated carbocycles. The third kappa shape index (κ3) is 1.75. The number of rotatable bonds is 0. The zero-order chi connectivity index (χ0) is 12.7. The van der Waals surface area contributed by atoms with E-state index in [4.69, 9.17) is 0 Å². The molecule has 18 heavy (non-hydrogen) atoms. The summed E-state index contributed by atoms with van der Waals surface area (Å²) in [5.41, 5.74) is 1.26. The molecule has 1 aliphatic rings. The molecule has 5 heteroatoms. The molecule has 0 radical (unpaired) electrons. The zero-order valence-corrected chi connectivity index (χ0v) is 10.9. The van der Waals surface area contributed by atoms with E-state index < -0.39 is 17.7 Å². The first-order valence-corrected chi connectivity index (χ1v) is 7.48. The predicted molar refractivity (Wildman–Crippen MR) is 63.7 cm³/mol. The molecule has 0 saturated heterocycles. The molecule has 1 aliphatic heterocycles. The second kappa shape index (κ2) is 4.43. The first-order chi connectivity index (χ1) is 8.68. The monoisotopic (exact) mass is 313 g/mol. The van der Waals surface area contributed by atoms with Crippen molar-refractivity contribution in [1.82, 2.24) is 4.98 Å². The number of nitrogens with zero attached hydrogens (tertiary/aromatic N) is 1. The number of hydrogen-bond donors (Lipinski definition) is 1. The fraction of sp³-hybridized carbons (Fsp3) is 0.154. The first-order valence-electron chi connectivity index (χ1n) is 5.41. The number of pyridine rings is 1. The van der Waals surface area contributed by atoms with Gasteiger partial charge in [0, 0.05) is 0 Å². The maximum absolute atomic E-state index is 13.8. The van der Waals surface area contributed by atoms with E-state index in [-0.39, 0.29) is 20.5 Å². The topological polar surface area (TPSA) is 33.1 Å². The molecule has 1 N–H and O–H groups in total. The van der Waals surface area contributed by atoms with Crippen LogP contribution in [0.5, 0.6) is 0 Å². The Hall–Kier alpha value is -1.29. The van der Waals surface area contributed by atoms with Gasteiger partial charge in [-0.3, -0.25) is 0 Å². The number of benzene rings is 1. The molecule has 0 spiro atoms. The Morgan fingerprint density at radius 2 is 2.11 bits per heavy atom. The SMILES string of the molecule is OC1c2ccc(F)c(F)c2C[Se]c2cccnc21. The molecule has 1 unspecified atom stereocenters. The molecule has 1 aromatic heterocycles. The minimum atomic E-state index is -0.976. The van der Waals surface area contributed by atoms with Crippen molar-refractivity contribution < 1.29 is 13.9 Å². The predicted octanol–water partition coefficient (Wildman–Crippen LogP) is 1.28. The number of fused-ring (bicyclic) bond motifs is 2. The van der Waals surface area contributed by atoms with Crippen molar-refractivity contribution in [2.75, 3.05) is 0 Å². The minimum absolute atomic E-state index is 0.0511. The van der Waals surface area contributed by atoms with Gasteiger partial charge in [-0.2, -0.15) is 0 Å². The molecular weight excluding hydrogens is 303 g/mol. The second-order valence-electron chi connectivity index (χ2n) is 4.01. The van der Waals surface area contributed by atoms with E-state index >= 15 is 0 Å². The Labute approximate surface area is 109 Å². The van der Waals surface area contributed by atoms with Crippen LogP contribution in [0.3, 0.4) is 0 Å². The quantitative estimate of drug-likeness (QED) is 0.744. The van der Waals surface area contributed by atoms with Crippen molar-refractivity contribution in [2.24, 2.45) is 0 Å². The van der Waals surface area contributed by atoms with Crippen LogP contribution in [-0.2, 0) is 5.32 Å². The first kappa shape index (κ1) is 11.8. The molecule has 0 fully saturated rings. The molecule has 2 nitrogen and oxygen atoms in total. The van der Waals surface area contributed by atoms with E-state index in [0.717, 1.165) is 10.5 Å². The van der Waals surface area contributed by atoms with E-state index in [1.54, 1.807) is 12.3 Å². The number of aromatic nitrogens is 1. The van der Waals surface area contributed by atoms with Crippen LogP contribution in [0, 0.1) is 11.6 Å². The molecule has 2 aromatic rings. The van der Waals surface area contributed by atoms with E-state index in [1.165, 1.54) is 6.07 Å². The summed E-state index contributed by atoms with van der Waals surface area (Å²) < 4.78 is 27.9. The van der Waals surface area contributed by atoms with Crippen LogP contribution in [0.4, 0.5) is 8.78 Å². The molecule has 1 atom stereocenters. The summed E-state index contributed by atoms with van der Waals surface area (Å²) in [5.74, 6) is -1.71. The molecule has 0 aliphatic carbocycles. The molecule has 92 valence electrons. The van der Waals surface area contributed by atoms with E-state index in [1.807, 2.05) is 6.07 Å². The number of hydrogen-bond acceptors (Lipinski definition) is 2. The second-order valence-corrected chi connectivity index (χ2v) is 6.14. The average Bonchev–Trinajstić information content (AvgIpc) is 2.53. The van der Waals surface area contributed by atoms with Crippen LogP contribution in [0.25, 0.3) is 0 Å². The van der Waals surface area contributed by atoms with Gasteiger partial charge in [-0.1, -0.05) is 0 Å². The summed E-state index contributed by atoms with van der Waals surface area (Å²) in [4.78, 5) is 4.16. The Bertz CT molecular complexity index is 618. The fourth-order valence-corrected chi connectivity index (χ4v) is 4.30. The Morgan fingerprint density at radius 1 is 1.28 bits per heavy atom. The summed E-state index contributed by atoms with van der Waals surface area (Å²) in [6.07, 6.45) is 0.624. The zero-order valence-electron chi connectivity index (χ0n) is 9.23. The normalized spacial score (nSPS) is 17.8. The van der Waals surface area contributed by atoms with Crippen LogP contribution in [0.1, 0.15) is 22.9 Å². The molecule has 0 bridgehead atoms. The summed E-state index contributed by atoms with van der Waals surface area (Å²) in [7, 11) is 0. The van der Waals surface area contributed by atoms with Crippen molar-refractivity contribution in [3.63, 3.8) is 0 Å². The van der Waals surface area contributed by atoms with Gasteiger partial charge in [-0.25, -0.2) is 0 Å². The van der Waals surface area contributed by atoms with Gasteiger partial charge in [0.25, 0.3) is 0 Å². The molecule has 3 rings (SSSR count). The molecule has 1 aromatic carbocycles. The average molecular weight is 312 g/mol. The summed E-state index contributed by atoms with van der Waals surface area (Å²) in [6, 6.07) is 6.17. The van der Waals surface area contributed by atoms with E-state index in [9.17, 15) is 13.9 Å². The summed E-state index contributed by atoms with van der Waals surface area (Å²) in [5, 5.41) is 10.7. The maximum atomic E-state index is 13.8. The Kier molecular flexibility index (Phi) is 2.90. The van der Waals surface area contributed by atoms with Crippen molar-refractivity contribution >= 4 is 19.4 Å². The van der Waals surface area contributed by atoms with Gasteiger partial charge in [0.15, 0.2) is 0 Å². The molecule has 2 heterocycles. The van der Waals surface area contributed by atoms with E-state index in [2.05, 4.69) is 4.98 Å². The van der Waals surface area contributed by atoms with Crippen LogP contribution >= 0.6 is 0 Å². The van der Waals surface area contributed by atoms with Crippen LogP contribution in [0.2, 0.25) is 0 Å². The number of halogens is 2. The molecule has 0 amide bonds. The number of aliphatic hydroxyl groups excluding tert-OH is 1. The van der Waals surface area contributed by atoms with Crippen molar-refractivity contribution in [1.29, 1.82) is 0 Å². The third-order valence-electron chi connectivity index (χ3n) is 2.96. The van der Waals surface area contributed by atoms with Crippen molar-refractivity contribution in [3.8, 4) is 0 Å². The summed E-state index contributed by atoms with van der Waals surface area (Å²) >= 11 is -0.0511. The van der Waals surface area contributed by atoms with Gasteiger partial charge in [-0.05, 0) is 0 Å². The standard InChI is InChI=1S/C13H9F2NOSe/c14-9-4-3-7-8(11(9)15)6-18-10-2-1-5-16-12(10)13(7)17/h1-5,13,17H,6H2. The molecular formula is C13H9F2NOSe. The van der Waals surface area contributed by atoms with Gasteiger partial charge in [0.1, 0.15) is 0 Å².